The molecule has 2 heterocycles. The van der Waals surface area contributed by atoms with Crippen LogP contribution in [0.2, 0.25) is 0 Å². The predicted octanol–water partition coefficient (Wildman–Crippen LogP) is 2.54. The Morgan fingerprint density at radius 2 is 1.70 bits per heavy atom. The van der Waals surface area contributed by atoms with Gasteiger partial charge in [0.25, 0.3) is 0 Å². The second kappa shape index (κ2) is 8.31. The van der Waals surface area contributed by atoms with Crippen molar-refractivity contribution in [3.05, 3.63) is 80.1 Å². The van der Waals surface area contributed by atoms with Gasteiger partial charge in [-0.05, 0) is 41.2 Å². The van der Waals surface area contributed by atoms with E-state index in [4.69, 9.17) is 9.47 Å². The van der Waals surface area contributed by atoms with Crippen LogP contribution in [0.25, 0.3) is 0 Å². The molecule has 5 atom stereocenters. The highest BCUT2D eigenvalue weighted by Crippen LogP contribution is 2.47. The van der Waals surface area contributed by atoms with E-state index in [9.17, 15) is 20.0 Å². The van der Waals surface area contributed by atoms with E-state index in [-0.39, 0.29) is 6.61 Å². The summed E-state index contributed by atoms with van der Waals surface area (Å²) in [5.41, 5.74) is 4.76. The number of rotatable bonds is 6. The fraction of sp³-hybridized carbons (Fsp3) is 0.455. The van der Waals surface area contributed by atoms with Crippen LogP contribution in [0.15, 0.2) is 52.8 Å². The van der Waals surface area contributed by atoms with Gasteiger partial charge in [0.2, 0.25) is 5.79 Å². The van der Waals surface area contributed by atoms with Gasteiger partial charge in [-0.25, -0.2) is 0 Å². The molecule has 4 unspecified atom stereocenters. The van der Waals surface area contributed by atoms with Crippen LogP contribution >= 0.6 is 0 Å². The van der Waals surface area contributed by atoms with Crippen LogP contribution in [-0.2, 0) is 34.7 Å². The number of ether oxygens (including phenoxy) is 2. The van der Waals surface area contributed by atoms with E-state index < -0.39 is 36.7 Å². The average molecular weight is 412 g/mol. The van der Waals surface area contributed by atoms with Crippen LogP contribution in [-0.4, -0.2) is 41.1 Å². The van der Waals surface area contributed by atoms with E-state index in [0.29, 0.717) is 12.0 Å². The average Bonchev–Trinajstić information content (AvgIpc) is 3.14. The predicted molar refractivity (Wildman–Crippen MR) is 109 cm³/mol. The van der Waals surface area contributed by atoms with E-state index in [1.807, 2.05) is 18.2 Å². The summed E-state index contributed by atoms with van der Waals surface area (Å²) in [6.07, 6.45) is -0.991. The normalized spacial score (nSPS) is 30.2. The lowest BCUT2D eigenvalue weighted by Gasteiger charge is -2.45. The minimum atomic E-state index is -1.68. The molecular weight excluding hydrogens is 388 g/mol. The van der Waals surface area contributed by atoms with Crippen molar-refractivity contribution in [3.8, 4) is 0 Å². The fourth-order valence-electron chi connectivity index (χ4n) is 4.31. The van der Waals surface area contributed by atoms with Gasteiger partial charge in [0.05, 0.1) is 13.2 Å². The quantitative estimate of drug-likeness (QED) is 0.704. The Morgan fingerprint density at radius 1 is 1.03 bits per heavy atom. The molecule has 0 aliphatic carbocycles. The minimum Gasteiger partial charge on any atom is -0.394 e. The van der Waals surface area contributed by atoms with E-state index in [2.05, 4.69) is 41.5 Å². The highest BCUT2D eigenvalue weighted by Gasteiger charge is 2.60. The van der Waals surface area contributed by atoms with Crippen LogP contribution in [0, 0.1) is 9.81 Å². The summed E-state index contributed by atoms with van der Waals surface area (Å²) in [6, 6.07) is 11.4. The largest absolute Gasteiger partial charge is 0.394 e. The van der Waals surface area contributed by atoms with Crippen molar-refractivity contribution in [2.24, 2.45) is 10.4 Å². The first kappa shape index (κ1) is 20.7. The summed E-state index contributed by atoms with van der Waals surface area (Å²) >= 11 is 0. The molecule has 0 radical (unpaired) electrons. The summed E-state index contributed by atoms with van der Waals surface area (Å²) in [5.74, 6) is -1.68. The molecule has 8 heteroatoms. The molecule has 2 aromatic rings. The van der Waals surface area contributed by atoms with Gasteiger partial charge in [0.1, 0.15) is 18.2 Å². The smallest absolute Gasteiger partial charge is 0.225 e. The monoisotopic (exact) mass is 412 g/mol. The Morgan fingerprint density at radius 3 is 2.33 bits per heavy atom. The van der Waals surface area contributed by atoms with Gasteiger partial charge in [0, 0.05) is 5.56 Å². The van der Waals surface area contributed by atoms with Gasteiger partial charge in [0.15, 0.2) is 6.04 Å². The van der Waals surface area contributed by atoms with Crippen LogP contribution in [0.1, 0.15) is 34.7 Å². The maximum atomic E-state index is 11.4. The molecule has 2 aliphatic heterocycles. The van der Waals surface area contributed by atoms with Crippen LogP contribution in [0.5, 0.6) is 0 Å². The van der Waals surface area contributed by atoms with Crippen molar-refractivity contribution in [2.45, 2.75) is 56.5 Å². The molecule has 0 amide bonds. The second-order valence-electron chi connectivity index (χ2n) is 7.77. The van der Waals surface area contributed by atoms with Gasteiger partial charge in [-0.3, -0.25) is 0 Å². The first-order valence-corrected chi connectivity index (χ1v) is 10.0. The molecule has 158 valence electrons. The van der Waals surface area contributed by atoms with Gasteiger partial charge < -0.3 is 19.7 Å². The third-order valence-corrected chi connectivity index (χ3v) is 6.02. The summed E-state index contributed by atoms with van der Waals surface area (Å²) in [5, 5.41) is 26.3. The topological polar surface area (TPSA) is 118 Å². The van der Waals surface area contributed by atoms with E-state index in [1.54, 1.807) is 0 Å². The lowest BCUT2D eigenvalue weighted by molar-refractivity contribution is -0.335. The Kier molecular flexibility index (Phi) is 5.75. The van der Waals surface area contributed by atoms with Crippen LogP contribution in [0.4, 0.5) is 0 Å². The third-order valence-electron chi connectivity index (χ3n) is 6.02. The standard InChI is InChI=1S/C22H24N2O6/c1-2-13-3-5-14(6-4-13)9-15-7-8-16-12-29-22(17(16)10-15)21(26)20(24-28)19(23-27)18(11-25)30-22/h3-8,10,18-21,25-26H,2,9,11-12H2,1H3/t18?,19?,20?,21?,22-/m1/s1. The number of benzene rings is 2. The van der Waals surface area contributed by atoms with Crippen LogP contribution < -0.4 is 0 Å². The van der Waals surface area contributed by atoms with Gasteiger partial charge in [-0.2, -0.15) is 9.81 Å². The number of aryl methyl sites for hydroxylation is 1. The highest BCUT2D eigenvalue weighted by molar-refractivity contribution is 5.41. The van der Waals surface area contributed by atoms with Crippen molar-refractivity contribution in [1.29, 1.82) is 0 Å². The fourth-order valence-corrected chi connectivity index (χ4v) is 4.31. The lowest BCUT2D eigenvalue weighted by Crippen LogP contribution is -2.62. The van der Waals surface area contributed by atoms with Gasteiger partial charge in [-0.15, -0.1) is 0 Å². The first-order valence-electron chi connectivity index (χ1n) is 10.0. The number of hydrogen-bond acceptors (Lipinski definition) is 8. The Labute approximate surface area is 173 Å². The molecule has 30 heavy (non-hydrogen) atoms. The van der Waals surface area contributed by atoms with E-state index >= 15 is 0 Å². The molecule has 0 saturated carbocycles. The number of aliphatic hydroxyl groups excluding tert-OH is 2. The molecule has 2 aliphatic rings. The van der Waals surface area contributed by atoms with Crippen molar-refractivity contribution in [1.82, 2.24) is 0 Å². The Bertz CT molecular complexity index is 934. The molecular formula is C22H24N2O6. The number of fused-ring (bicyclic) bond motifs is 2. The maximum Gasteiger partial charge on any atom is 0.225 e. The number of aliphatic hydroxyl groups is 2. The van der Waals surface area contributed by atoms with Crippen LogP contribution in [0.3, 0.4) is 0 Å². The summed E-state index contributed by atoms with van der Waals surface area (Å²) in [7, 11) is 0. The van der Waals surface area contributed by atoms with E-state index in [1.165, 1.54) is 5.56 Å². The summed E-state index contributed by atoms with van der Waals surface area (Å²) < 4.78 is 11.7. The number of hydrogen-bond donors (Lipinski definition) is 2. The Balaban J connectivity index is 1.69. The lowest BCUT2D eigenvalue weighted by atomic mass is 9.84. The third kappa shape index (κ3) is 3.35. The molecule has 2 N–H and O–H groups in total. The molecule has 4 rings (SSSR count). The second-order valence-corrected chi connectivity index (χ2v) is 7.77. The Hall–Kier alpha value is -2.52. The minimum absolute atomic E-state index is 0.167. The first-order chi connectivity index (χ1) is 14.6. The molecule has 1 fully saturated rings. The van der Waals surface area contributed by atoms with Crippen molar-refractivity contribution in [3.63, 3.8) is 0 Å². The zero-order chi connectivity index (χ0) is 21.3. The zero-order valence-corrected chi connectivity index (χ0v) is 16.6. The zero-order valence-electron chi connectivity index (χ0n) is 16.6. The number of nitrogens with zero attached hydrogens (tertiary/aromatic N) is 2. The summed E-state index contributed by atoms with van der Waals surface area (Å²) in [4.78, 5) is 22.6. The molecule has 0 bridgehead atoms. The summed E-state index contributed by atoms with van der Waals surface area (Å²) in [6.45, 7) is 1.72. The van der Waals surface area contributed by atoms with Gasteiger partial charge >= 0.3 is 0 Å². The van der Waals surface area contributed by atoms with E-state index in [0.717, 1.165) is 23.1 Å². The van der Waals surface area contributed by atoms with Crippen molar-refractivity contribution in [2.75, 3.05) is 6.61 Å². The van der Waals surface area contributed by atoms with Gasteiger partial charge in [-0.1, -0.05) is 53.7 Å². The maximum absolute atomic E-state index is 11.4. The molecule has 8 nitrogen and oxygen atoms in total. The van der Waals surface area contributed by atoms with Crippen molar-refractivity contribution < 1.29 is 19.7 Å². The number of nitroso groups, excluding NO2 is 2. The molecule has 1 spiro atoms. The highest BCUT2D eigenvalue weighted by atomic mass is 16.7. The van der Waals surface area contributed by atoms with Crippen molar-refractivity contribution >= 4 is 0 Å². The molecule has 0 aromatic heterocycles. The SMILES string of the molecule is CCc1ccc(Cc2ccc3c(c2)[C@@]2(OC3)OC(CO)C(N=O)C(N=O)C2O)cc1. The molecule has 2 aromatic carbocycles. The molecule has 1 saturated heterocycles.